The highest BCUT2D eigenvalue weighted by Gasteiger charge is 2.25. The second kappa shape index (κ2) is 9.15. The summed E-state index contributed by atoms with van der Waals surface area (Å²) < 4.78 is 9.91. The summed E-state index contributed by atoms with van der Waals surface area (Å²) in [7, 11) is 1.41. The lowest BCUT2D eigenvalue weighted by molar-refractivity contribution is -0.152. The van der Waals surface area contributed by atoms with Crippen LogP contribution in [-0.4, -0.2) is 31.2 Å². The van der Waals surface area contributed by atoms with Crippen LogP contribution in [0.5, 0.6) is 0 Å². The largest absolute Gasteiger partial charge is 0.469 e. The normalized spacial score (nSPS) is 23.9. The number of rotatable bonds is 5. The molecule has 0 radical (unpaired) electrons. The Labute approximate surface area is 120 Å². The molecule has 112 valence electrons. The van der Waals surface area contributed by atoms with E-state index in [1.165, 1.54) is 7.11 Å². The zero-order valence-corrected chi connectivity index (χ0v) is 12.4. The maximum atomic E-state index is 11.3. The number of halogens is 1. The highest BCUT2D eigenvalue weighted by atomic mass is 35.5. The van der Waals surface area contributed by atoms with Crippen molar-refractivity contribution in [3.05, 3.63) is 0 Å². The van der Waals surface area contributed by atoms with Crippen molar-refractivity contribution in [2.24, 2.45) is 11.7 Å². The van der Waals surface area contributed by atoms with E-state index in [1.807, 2.05) is 0 Å². The maximum absolute atomic E-state index is 11.3. The minimum absolute atomic E-state index is 0. The summed E-state index contributed by atoms with van der Waals surface area (Å²) in [6.07, 6.45) is 5.06. The van der Waals surface area contributed by atoms with E-state index in [9.17, 15) is 9.59 Å². The predicted molar refractivity (Wildman–Crippen MR) is 74.0 cm³/mol. The molecule has 0 saturated heterocycles. The lowest BCUT2D eigenvalue weighted by atomic mass is 9.84. The van der Waals surface area contributed by atoms with Crippen molar-refractivity contribution in [2.75, 3.05) is 7.11 Å². The molecule has 0 bridgehead atoms. The Kier molecular flexibility index (Phi) is 8.76. The lowest BCUT2D eigenvalue weighted by Crippen LogP contribution is -2.33. The molecule has 0 aliphatic heterocycles. The summed E-state index contributed by atoms with van der Waals surface area (Å²) in [5, 5.41) is 0. The summed E-state index contributed by atoms with van der Waals surface area (Å²) in [5.41, 5.74) is 5.45. The van der Waals surface area contributed by atoms with E-state index in [1.54, 1.807) is 6.92 Å². The third kappa shape index (κ3) is 6.78. The average Bonchev–Trinajstić information content (AvgIpc) is 2.37. The average molecular weight is 294 g/mol. The predicted octanol–water partition coefficient (Wildman–Crippen LogP) is 1.81. The number of esters is 2. The minimum Gasteiger partial charge on any atom is -0.469 e. The summed E-state index contributed by atoms with van der Waals surface area (Å²) in [5.74, 6) is 0.0582. The first kappa shape index (κ1) is 18.2. The molecular weight excluding hydrogens is 270 g/mol. The van der Waals surface area contributed by atoms with E-state index < -0.39 is 6.04 Å². The fourth-order valence-electron chi connectivity index (χ4n) is 2.23. The van der Waals surface area contributed by atoms with Crippen LogP contribution in [0, 0.1) is 5.92 Å². The Morgan fingerprint density at radius 2 is 1.84 bits per heavy atom. The van der Waals surface area contributed by atoms with Crippen molar-refractivity contribution >= 4 is 24.3 Å². The van der Waals surface area contributed by atoms with Crippen LogP contribution >= 0.6 is 12.4 Å². The smallest absolute Gasteiger partial charge is 0.322 e. The first-order valence-electron chi connectivity index (χ1n) is 6.55. The standard InChI is InChI=1S/C13H23NO4.ClH/c1-9(14)13(16)18-11-6-3-10(4-7-11)5-8-12(15)17-2;/h9-11H,3-8,14H2,1-2H3;1H. The molecule has 1 atom stereocenters. The molecule has 0 aromatic heterocycles. The second-order valence-electron chi connectivity index (χ2n) is 4.98. The Morgan fingerprint density at radius 3 is 2.32 bits per heavy atom. The Hall–Kier alpha value is -0.810. The molecule has 0 spiro atoms. The lowest BCUT2D eigenvalue weighted by Gasteiger charge is -2.28. The van der Waals surface area contributed by atoms with Gasteiger partial charge in [0.15, 0.2) is 0 Å². The molecule has 5 nitrogen and oxygen atoms in total. The van der Waals surface area contributed by atoms with Crippen LogP contribution in [0.1, 0.15) is 45.4 Å². The zero-order chi connectivity index (χ0) is 13.5. The van der Waals surface area contributed by atoms with Crippen molar-refractivity contribution in [1.82, 2.24) is 0 Å². The summed E-state index contributed by atoms with van der Waals surface area (Å²) in [6, 6.07) is -0.554. The number of ether oxygens (including phenoxy) is 2. The monoisotopic (exact) mass is 293 g/mol. The van der Waals surface area contributed by atoms with E-state index in [0.717, 1.165) is 32.1 Å². The maximum Gasteiger partial charge on any atom is 0.322 e. The highest BCUT2D eigenvalue weighted by molar-refractivity contribution is 5.85. The molecule has 1 unspecified atom stereocenters. The van der Waals surface area contributed by atoms with E-state index >= 15 is 0 Å². The molecular formula is C13H24ClNO4. The molecule has 1 fully saturated rings. The van der Waals surface area contributed by atoms with Crippen molar-refractivity contribution in [3.8, 4) is 0 Å². The van der Waals surface area contributed by atoms with Crippen LogP contribution in [-0.2, 0) is 19.1 Å². The van der Waals surface area contributed by atoms with Gasteiger partial charge in [0.05, 0.1) is 7.11 Å². The molecule has 0 heterocycles. The molecule has 6 heteroatoms. The fourth-order valence-corrected chi connectivity index (χ4v) is 2.23. The molecule has 1 aliphatic rings. The van der Waals surface area contributed by atoms with Crippen LogP contribution in [0.3, 0.4) is 0 Å². The van der Waals surface area contributed by atoms with Gasteiger partial charge in [-0.1, -0.05) is 0 Å². The summed E-state index contributed by atoms with van der Waals surface area (Å²) in [6.45, 7) is 1.63. The molecule has 0 aromatic carbocycles. The molecule has 1 rings (SSSR count). The third-order valence-electron chi connectivity index (χ3n) is 3.43. The molecule has 0 aromatic rings. The van der Waals surface area contributed by atoms with Crippen molar-refractivity contribution in [1.29, 1.82) is 0 Å². The fraction of sp³-hybridized carbons (Fsp3) is 0.846. The van der Waals surface area contributed by atoms with Gasteiger partial charge in [0.2, 0.25) is 0 Å². The van der Waals surface area contributed by atoms with Crippen LogP contribution in [0.4, 0.5) is 0 Å². The Bertz CT molecular complexity index is 288. The van der Waals surface area contributed by atoms with Gasteiger partial charge in [-0.05, 0) is 44.9 Å². The SMILES string of the molecule is COC(=O)CCC1CCC(OC(=O)C(C)N)CC1.Cl. The van der Waals surface area contributed by atoms with Crippen molar-refractivity contribution in [3.63, 3.8) is 0 Å². The number of carbonyl (C=O) groups is 2. The Balaban J connectivity index is 0.00000324. The summed E-state index contributed by atoms with van der Waals surface area (Å²) >= 11 is 0. The Morgan fingerprint density at radius 1 is 1.26 bits per heavy atom. The van der Waals surface area contributed by atoms with Gasteiger partial charge in [0.1, 0.15) is 12.1 Å². The van der Waals surface area contributed by atoms with Crippen molar-refractivity contribution in [2.45, 2.75) is 57.6 Å². The van der Waals surface area contributed by atoms with Gasteiger partial charge in [-0.15, -0.1) is 12.4 Å². The number of hydrogen-bond acceptors (Lipinski definition) is 5. The van der Waals surface area contributed by atoms with Gasteiger partial charge >= 0.3 is 11.9 Å². The number of carbonyl (C=O) groups excluding carboxylic acids is 2. The quantitative estimate of drug-likeness (QED) is 0.782. The van der Waals surface area contributed by atoms with Crippen molar-refractivity contribution < 1.29 is 19.1 Å². The molecule has 1 saturated carbocycles. The van der Waals surface area contributed by atoms with Crippen LogP contribution < -0.4 is 5.73 Å². The van der Waals surface area contributed by atoms with Gasteiger partial charge in [0, 0.05) is 6.42 Å². The first-order valence-corrected chi connectivity index (χ1v) is 6.55. The van der Waals surface area contributed by atoms with Gasteiger partial charge in [-0.2, -0.15) is 0 Å². The van der Waals surface area contributed by atoms with Crippen LogP contribution in [0.25, 0.3) is 0 Å². The van der Waals surface area contributed by atoms with Gasteiger partial charge < -0.3 is 15.2 Å². The van der Waals surface area contributed by atoms with E-state index in [0.29, 0.717) is 12.3 Å². The highest BCUT2D eigenvalue weighted by Crippen LogP contribution is 2.29. The van der Waals surface area contributed by atoms with Gasteiger partial charge in [-0.3, -0.25) is 9.59 Å². The molecule has 0 amide bonds. The van der Waals surface area contributed by atoms with E-state index in [2.05, 4.69) is 4.74 Å². The number of methoxy groups -OCH3 is 1. The van der Waals surface area contributed by atoms with Gasteiger partial charge in [0.25, 0.3) is 0 Å². The van der Waals surface area contributed by atoms with E-state index in [-0.39, 0.29) is 30.4 Å². The second-order valence-corrected chi connectivity index (χ2v) is 4.98. The molecule has 1 aliphatic carbocycles. The first-order chi connectivity index (χ1) is 8.52. The summed E-state index contributed by atoms with van der Waals surface area (Å²) in [4.78, 5) is 22.4. The topological polar surface area (TPSA) is 78.6 Å². The molecule has 2 N–H and O–H groups in total. The zero-order valence-electron chi connectivity index (χ0n) is 11.6. The minimum atomic E-state index is -0.554. The van der Waals surface area contributed by atoms with Crippen LogP contribution in [0.2, 0.25) is 0 Å². The van der Waals surface area contributed by atoms with Crippen LogP contribution in [0.15, 0.2) is 0 Å². The number of hydrogen-bond donors (Lipinski definition) is 1. The molecule has 19 heavy (non-hydrogen) atoms. The van der Waals surface area contributed by atoms with E-state index in [4.69, 9.17) is 10.5 Å². The van der Waals surface area contributed by atoms with Gasteiger partial charge in [-0.25, -0.2) is 0 Å². The third-order valence-corrected chi connectivity index (χ3v) is 3.43. The number of nitrogens with two attached hydrogens (primary N) is 1.